The van der Waals surface area contributed by atoms with Gasteiger partial charge in [-0.15, -0.1) is 0 Å². The van der Waals surface area contributed by atoms with Crippen molar-refractivity contribution in [3.63, 3.8) is 0 Å². The van der Waals surface area contributed by atoms with Crippen LogP contribution in [0.2, 0.25) is 0 Å². The maximum absolute atomic E-state index is 11.8. The van der Waals surface area contributed by atoms with E-state index in [1.165, 1.54) is 20.0 Å². The molecule has 3 atom stereocenters. The summed E-state index contributed by atoms with van der Waals surface area (Å²) in [6.07, 6.45) is 4.79. The minimum absolute atomic E-state index is 0.0319. The van der Waals surface area contributed by atoms with Crippen molar-refractivity contribution in [1.82, 2.24) is 10.2 Å². The van der Waals surface area contributed by atoms with Gasteiger partial charge in [0, 0.05) is 25.2 Å². The molecular formula is C15H28N2O2. The summed E-state index contributed by atoms with van der Waals surface area (Å²) in [6.45, 7) is 7.49. The van der Waals surface area contributed by atoms with Crippen molar-refractivity contribution in [1.29, 1.82) is 0 Å². The van der Waals surface area contributed by atoms with Crippen molar-refractivity contribution >= 4 is 5.97 Å². The molecule has 1 aliphatic heterocycles. The first-order valence-electron chi connectivity index (χ1n) is 7.69. The highest BCUT2D eigenvalue weighted by atomic mass is 16.5. The molecule has 4 nitrogen and oxygen atoms in total. The van der Waals surface area contributed by atoms with E-state index < -0.39 is 0 Å². The lowest BCUT2D eigenvalue weighted by atomic mass is 9.92. The molecule has 0 aromatic heterocycles. The van der Waals surface area contributed by atoms with Gasteiger partial charge in [-0.3, -0.25) is 9.69 Å². The maximum atomic E-state index is 11.8. The van der Waals surface area contributed by atoms with Crippen molar-refractivity contribution < 1.29 is 9.53 Å². The minimum atomic E-state index is -0.0498. The van der Waals surface area contributed by atoms with Crippen molar-refractivity contribution in [2.45, 2.75) is 51.6 Å². The molecule has 2 aliphatic rings. The average molecular weight is 268 g/mol. The number of hydrogen-bond acceptors (Lipinski definition) is 4. The second-order valence-corrected chi connectivity index (χ2v) is 6.22. The molecule has 1 saturated carbocycles. The van der Waals surface area contributed by atoms with Crippen LogP contribution in [0.1, 0.15) is 39.5 Å². The smallest absolute Gasteiger partial charge is 0.310 e. The number of likely N-dealkylation sites (tertiary alicyclic amines) is 1. The SMILES string of the molecule is CCC(C)N1CC(NCC2CC2)CC(C(=O)OC)C1. The summed E-state index contributed by atoms with van der Waals surface area (Å²) < 4.78 is 4.94. The van der Waals surface area contributed by atoms with Crippen molar-refractivity contribution in [3.8, 4) is 0 Å². The summed E-state index contributed by atoms with van der Waals surface area (Å²) in [4.78, 5) is 14.3. The highest BCUT2D eigenvalue weighted by Crippen LogP contribution is 2.28. The van der Waals surface area contributed by atoms with E-state index in [0.29, 0.717) is 12.1 Å². The summed E-state index contributed by atoms with van der Waals surface area (Å²) in [5, 5.41) is 3.65. The fraction of sp³-hybridized carbons (Fsp3) is 0.933. The number of esters is 1. The van der Waals surface area contributed by atoms with Crippen LogP contribution in [0.25, 0.3) is 0 Å². The molecule has 4 heteroatoms. The summed E-state index contributed by atoms with van der Waals surface area (Å²) in [7, 11) is 1.50. The number of carbonyl (C=O) groups excluding carboxylic acids is 1. The fourth-order valence-electron chi connectivity index (χ4n) is 2.89. The van der Waals surface area contributed by atoms with Gasteiger partial charge in [0.25, 0.3) is 0 Å². The highest BCUT2D eigenvalue weighted by Gasteiger charge is 2.34. The van der Waals surface area contributed by atoms with Crippen LogP contribution in [0.4, 0.5) is 0 Å². The molecule has 110 valence electrons. The van der Waals surface area contributed by atoms with Gasteiger partial charge in [0.2, 0.25) is 0 Å². The van der Waals surface area contributed by atoms with Gasteiger partial charge in [0.05, 0.1) is 13.0 Å². The largest absolute Gasteiger partial charge is 0.469 e. The predicted molar refractivity (Wildman–Crippen MR) is 76.0 cm³/mol. The van der Waals surface area contributed by atoms with E-state index in [1.807, 2.05) is 0 Å². The van der Waals surface area contributed by atoms with E-state index in [0.717, 1.165) is 38.4 Å². The van der Waals surface area contributed by atoms with Crippen molar-refractivity contribution in [2.75, 3.05) is 26.7 Å². The Morgan fingerprint density at radius 1 is 1.42 bits per heavy atom. The molecule has 2 rings (SSSR count). The number of ether oxygens (including phenoxy) is 1. The summed E-state index contributed by atoms with van der Waals surface area (Å²) in [5.74, 6) is 0.867. The van der Waals surface area contributed by atoms with Crippen molar-refractivity contribution in [3.05, 3.63) is 0 Å². The lowest BCUT2D eigenvalue weighted by Gasteiger charge is -2.40. The molecule has 0 spiro atoms. The van der Waals surface area contributed by atoms with E-state index in [4.69, 9.17) is 4.74 Å². The molecule has 3 unspecified atom stereocenters. The molecule has 19 heavy (non-hydrogen) atoms. The number of nitrogens with one attached hydrogen (secondary N) is 1. The first-order chi connectivity index (χ1) is 9.13. The maximum Gasteiger partial charge on any atom is 0.310 e. The molecule has 1 saturated heterocycles. The summed E-state index contributed by atoms with van der Waals surface area (Å²) in [6, 6.07) is 0.977. The van der Waals surface area contributed by atoms with Crippen LogP contribution in [0.3, 0.4) is 0 Å². The third kappa shape index (κ3) is 4.18. The molecular weight excluding hydrogens is 240 g/mol. The third-order valence-electron chi connectivity index (χ3n) is 4.62. The number of nitrogens with zero attached hydrogens (tertiary/aromatic N) is 1. The summed E-state index contributed by atoms with van der Waals surface area (Å²) >= 11 is 0. The number of carbonyl (C=O) groups is 1. The van der Waals surface area contributed by atoms with Gasteiger partial charge < -0.3 is 10.1 Å². The molecule has 0 radical (unpaired) electrons. The van der Waals surface area contributed by atoms with Crippen LogP contribution in [0.5, 0.6) is 0 Å². The Kier molecular flexibility index (Phi) is 5.22. The van der Waals surface area contributed by atoms with Gasteiger partial charge in [-0.05, 0) is 45.1 Å². The minimum Gasteiger partial charge on any atom is -0.469 e. The van der Waals surface area contributed by atoms with Gasteiger partial charge in [0.1, 0.15) is 0 Å². The van der Waals surface area contributed by atoms with Gasteiger partial charge in [0.15, 0.2) is 0 Å². The first-order valence-corrected chi connectivity index (χ1v) is 7.69. The predicted octanol–water partition coefficient (Wildman–Crippen LogP) is 1.65. The van der Waals surface area contributed by atoms with Gasteiger partial charge in [-0.2, -0.15) is 0 Å². The number of piperidine rings is 1. The Morgan fingerprint density at radius 3 is 2.74 bits per heavy atom. The Hall–Kier alpha value is -0.610. The zero-order valence-corrected chi connectivity index (χ0v) is 12.5. The van der Waals surface area contributed by atoms with E-state index in [2.05, 4.69) is 24.1 Å². The standard InChI is InChI=1S/C15H28N2O2/c1-4-11(2)17-9-13(15(18)19-3)7-14(10-17)16-8-12-5-6-12/h11-14,16H,4-10H2,1-3H3. The van der Waals surface area contributed by atoms with Crippen LogP contribution >= 0.6 is 0 Å². The lowest BCUT2D eigenvalue weighted by Crippen LogP contribution is -2.53. The second-order valence-electron chi connectivity index (χ2n) is 6.22. The molecule has 1 heterocycles. The van der Waals surface area contributed by atoms with E-state index in [-0.39, 0.29) is 11.9 Å². The molecule has 0 amide bonds. The van der Waals surface area contributed by atoms with Gasteiger partial charge >= 0.3 is 5.97 Å². The average Bonchev–Trinajstić information content (AvgIpc) is 3.27. The monoisotopic (exact) mass is 268 g/mol. The third-order valence-corrected chi connectivity index (χ3v) is 4.62. The van der Waals surface area contributed by atoms with Gasteiger partial charge in [-0.1, -0.05) is 6.92 Å². The molecule has 1 aliphatic carbocycles. The van der Waals surface area contributed by atoms with Crippen LogP contribution in [-0.4, -0.2) is 49.7 Å². The number of rotatable bonds is 6. The Balaban J connectivity index is 1.91. The zero-order valence-electron chi connectivity index (χ0n) is 12.5. The summed E-state index contributed by atoms with van der Waals surface area (Å²) in [5.41, 5.74) is 0. The molecule has 1 N–H and O–H groups in total. The lowest BCUT2D eigenvalue weighted by molar-refractivity contribution is -0.148. The quantitative estimate of drug-likeness (QED) is 0.744. The van der Waals surface area contributed by atoms with Crippen LogP contribution < -0.4 is 5.32 Å². The van der Waals surface area contributed by atoms with E-state index in [1.54, 1.807) is 0 Å². The van der Waals surface area contributed by atoms with Crippen LogP contribution in [0.15, 0.2) is 0 Å². The van der Waals surface area contributed by atoms with Gasteiger partial charge in [-0.25, -0.2) is 0 Å². The molecule has 0 aromatic rings. The second kappa shape index (κ2) is 6.71. The van der Waals surface area contributed by atoms with Crippen LogP contribution in [-0.2, 0) is 9.53 Å². The van der Waals surface area contributed by atoms with E-state index in [9.17, 15) is 4.79 Å². The Morgan fingerprint density at radius 2 is 2.16 bits per heavy atom. The molecule has 2 fully saturated rings. The Labute approximate surface area is 116 Å². The fourth-order valence-corrected chi connectivity index (χ4v) is 2.89. The highest BCUT2D eigenvalue weighted by molar-refractivity contribution is 5.72. The number of hydrogen-bond donors (Lipinski definition) is 1. The van der Waals surface area contributed by atoms with E-state index >= 15 is 0 Å². The van der Waals surface area contributed by atoms with Crippen LogP contribution in [0, 0.1) is 11.8 Å². The molecule has 0 aromatic carbocycles. The Bertz CT molecular complexity index is 305. The topological polar surface area (TPSA) is 41.6 Å². The number of methoxy groups -OCH3 is 1. The normalized spacial score (nSPS) is 30.1. The van der Waals surface area contributed by atoms with Crippen molar-refractivity contribution in [2.24, 2.45) is 11.8 Å². The zero-order chi connectivity index (χ0) is 13.8. The first kappa shape index (κ1) is 14.8. The molecule has 0 bridgehead atoms.